The number of nitro groups is 1. The van der Waals surface area contributed by atoms with Crippen molar-refractivity contribution in [2.75, 3.05) is 11.9 Å². The molecule has 0 bridgehead atoms. The van der Waals surface area contributed by atoms with E-state index in [0.717, 1.165) is 0 Å². The lowest BCUT2D eigenvalue weighted by atomic mass is 10.1. The molecule has 3 aromatic rings. The maximum absolute atomic E-state index is 12.6. The number of nitrogens with one attached hydrogen (secondary N) is 1. The lowest BCUT2D eigenvalue weighted by Gasteiger charge is -2.11. The number of ether oxygens (including phenoxy) is 2. The maximum atomic E-state index is 12.6. The number of carbonyl (C=O) groups is 1. The predicted octanol–water partition coefficient (Wildman–Crippen LogP) is 6.53. The minimum atomic E-state index is -0.584. The summed E-state index contributed by atoms with van der Waals surface area (Å²) in [5, 5.41) is 23.4. The molecule has 1 N–H and O–H groups in total. The van der Waals surface area contributed by atoms with Gasteiger partial charge in [-0.25, -0.2) is 0 Å². The SMILES string of the molecule is CCOc1cccc(NC(=O)/C(C#N)=C\c2cc(Cl)c(OCc3cccc([N+](=O)[O-])c3)c(Br)c2)c1. The van der Waals surface area contributed by atoms with Crippen molar-refractivity contribution in [2.24, 2.45) is 0 Å². The zero-order valence-electron chi connectivity index (χ0n) is 18.5. The van der Waals surface area contributed by atoms with E-state index in [4.69, 9.17) is 21.1 Å². The van der Waals surface area contributed by atoms with Crippen LogP contribution in [0.3, 0.4) is 0 Å². The van der Waals surface area contributed by atoms with Gasteiger partial charge in [-0.1, -0.05) is 29.8 Å². The van der Waals surface area contributed by atoms with Crippen LogP contribution in [0.25, 0.3) is 6.08 Å². The van der Waals surface area contributed by atoms with E-state index in [1.165, 1.54) is 18.2 Å². The third-order valence-electron chi connectivity index (χ3n) is 4.60. The Bertz CT molecular complexity index is 1310. The number of anilines is 1. The minimum absolute atomic E-state index is 0.0383. The molecule has 0 fully saturated rings. The molecule has 8 nitrogen and oxygen atoms in total. The van der Waals surface area contributed by atoms with Gasteiger partial charge in [0, 0.05) is 23.9 Å². The lowest BCUT2D eigenvalue weighted by Crippen LogP contribution is -2.13. The Balaban J connectivity index is 1.75. The summed E-state index contributed by atoms with van der Waals surface area (Å²) >= 11 is 9.77. The van der Waals surface area contributed by atoms with Gasteiger partial charge in [0.15, 0.2) is 5.75 Å². The fourth-order valence-electron chi connectivity index (χ4n) is 3.06. The highest BCUT2D eigenvalue weighted by atomic mass is 79.9. The molecule has 3 rings (SSSR count). The standard InChI is InChI=1S/C25H19BrClN3O5/c1-2-34-21-8-4-6-19(13-21)29-25(31)18(14-28)9-17-11-22(26)24(23(27)12-17)35-15-16-5-3-7-20(10-16)30(32)33/h3-13H,2,15H2,1H3,(H,29,31)/b18-9-. The summed E-state index contributed by atoms with van der Waals surface area (Å²) in [6.45, 7) is 2.40. The number of nitro benzene ring substituents is 1. The first-order valence-electron chi connectivity index (χ1n) is 10.3. The van der Waals surface area contributed by atoms with Gasteiger partial charge < -0.3 is 14.8 Å². The summed E-state index contributed by atoms with van der Waals surface area (Å²) in [5.41, 5.74) is 1.43. The number of rotatable bonds is 9. The molecule has 0 unspecified atom stereocenters. The third kappa shape index (κ3) is 7.06. The Labute approximate surface area is 215 Å². The van der Waals surface area contributed by atoms with Crippen LogP contribution in [0.1, 0.15) is 18.1 Å². The van der Waals surface area contributed by atoms with Crippen LogP contribution in [0, 0.1) is 21.4 Å². The molecule has 178 valence electrons. The molecule has 0 aliphatic heterocycles. The van der Waals surface area contributed by atoms with Crippen LogP contribution in [0.5, 0.6) is 11.5 Å². The van der Waals surface area contributed by atoms with E-state index >= 15 is 0 Å². The monoisotopic (exact) mass is 555 g/mol. The van der Waals surface area contributed by atoms with Gasteiger partial charge in [0.2, 0.25) is 0 Å². The number of non-ortho nitro benzene ring substituents is 1. The zero-order valence-corrected chi connectivity index (χ0v) is 20.8. The van der Waals surface area contributed by atoms with E-state index in [1.54, 1.807) is 48.5 Å². The van der Waals surface area contributed by atoms with Crippen LogP contribution in [-0.2, 0) is 11.4 Å². The van der Waals surface area contributed by atoms with E-state index in [2.05, 4.69) is 21.2 Å². The number of nitriles is 1. The maximum Gasteiger partial charge on any atom is 0.269 e. The Morgan fingerprint density at radius 3 is 2.66 bits per heavy atom. The summed E-state index contributed by atoms with van der Waals surface area (Å²) in [7, 11) is 0. The molecule has 3 aromatic carbocycles. The molecule has 0 aliphatic carbocycles. The smallest absolute Gasteiger partial charge is 0.269 e. The number of halogens is 2. The summed E-state index contributed by atoms with van der Waals surface area (Å²) < 4.78 is 11.7. The van der Waals surface area contributed by atoms with Crippen molar-refractivity contribution in [1.82, 2.24) is 0 Å². The Hall–Kier alpha value is -3.87. The van der Waals surface area contributed by atoms with Crippen molar-refractivity contribution in [3.05, 3.63) is 97.0 Å². The highest BCUT2D eigenvalue weighted by Crippen LogP contribution is 2.36. The van der Waals surface area contributed by atoms with Crippen molar-refractivity contribution in [1.29, 1.82) is 5.26 Å². The number of benzene rings is 3. The van der Waals surface area contributed by atoms with Crippen molar-refractivity contribution in [3.8, 4) is 17.6 Å². The fraction of sp³-hybridized carbons (Fsp3) is 0.120. The van der Waals surface area contributed by atoms with Crippen LogP contribution in [-0.4, -0.2) is 17.4 Å². The summed E-state index contributed by atoms with van der Waals surface area (Å²) in [5.74, 6) is 0.342. The first kappa shape index (κ1) is 25.7. The predicted molar refractivity (Wildman–Crippen MR) is 136 cm³/mol. The van der Waals surface area contributed by atoms with Gasteiger partial charge in [-0.3, -0.25) is 14.9 Å². The molecule has 35 heavy (non-hydrogen) atoms. The van der Waals surface area contributed by atoms with Gasteiger partial charge in [-0.2, -0.15) is 5.26 Å². The topological polar surface area (TPSA) is 114 Å². The minimum Gasteiger partial charge on any atom is -0.494 e. The molecule has 0 spiro atoms. The van der Waals surface area contributed by atoms with Crippen molar-refractivity contribution in [2.45, 2.75) is 13.5 Å². The van der Waals surface area contributed by atoms with Crippen molar-refractivity contribution in [3.63, 3.8) is 0 Å². The first-order valence-corrected chi connectivity index (χ1v) is 11.5. The summed E-state index contributed by atoms with van der Waals surface area (Å²) in [4.78, 5) is 23.1. The average molecular weight is 557 g/mol. The lowest BCUT2D eigenvalue weighted by molar-refractivity contribution is -0.384. The van der Waals surface area contributed by atoms with Crippen LogP contribution < -0.4 is 14.8 Å². The second-order valence-corrected chi connectivity index (χ2v) is 8.38. The molecule has 1 amide bonds. The van der Waals surface area contributed by atoms with Gasteiger partial charge in [0.1, 0.15) is 24.0 Å². The normalized spacial score (nSPS) is 10.9. The van der Waals surface area contributed by atoms with Crippen molar-refractivity contribution >= 4 is 50.9 Å². The molecular formula is C25H19BrClN3O5. The van der Waals surface area contributed by atoms with Crippen LogP contribution in [0.4, 0.5) is 11.4 Å². The fourth-order valence-corrected chi connectivity index (χ4v) is 4.05. The van der Waals surface area contributed by atoms with E-state index in [9.17, 15) is 20.2 Å². The largest absolute Gasteiger partial charge is 0.494 e. The van der Waals surface area contributed by atoms with Gasteiger partial charge in [-0.05, 0) is 64.3 Å². The van der Waals surface area contributed by atoms with Gasteiger partial charge >= 0.3 is 0 Å². The number of nitrogens with zero attached hydrogens (tertiary/aromatic N) is 2. The Kier molecular flexibility index (Phi) is 8.84. The highest BCUT2D eigenvalue weighted by molar-refractivity contribution is 9.10. The van der Waals surface area contributed by atoms with Gasteiger partial charge in [0.05, 0.1) is 21.0 Å². The highest BCUT2D eigenvalue weighted by Gasteiger charge is 2.14. The molecule has 0 radical (unpaired) electrons. The molecular weight excluding hydrogens is 538 g/mol. The van der Waals surface area contributed by atoms with Gasteiger partial charge in [-0.15, -0.1) is 0 Å². The molecule has 0 atom stereocenters. The van der Waals surface area contributed by atoms with Gasteiger partial charge in [0.25, 0.3) is 11.6 Å². The molecule has 0 saturated heterocycles. The second-order valence-electron chi connectivity index (χ2n) is 7.11. The summed E-state index contributed by atoms with van der Waals surface area (Å²) in [6, 6.07) is 18.0. The molecule has 0 aliphatic rings. The number of hydrogen-bond donors (Lipinski definition) is 1. The molecule has 0 heterocycles. The molecule has 10 heteroatoms. The average Bonchev–Trinajstić information content (AvgIpc) is 2.82. The quantitative estimate of drug-likeness (QED) is 0.139. The molecule has 0 saturated carbocycles. The van der Waals surface area contributed by atoms with E-state index in [-0.39, 0.29) is 22.9 Å². The number of amides is 1. The number of carbonyl (C=O) groups excluding carboxylic acids is 1. The Morgan fingerprint density at radius 2 is 1.97 bits per heavy atom. The van der Waals surface area contributed by atoms with E-state index < -0.39 is 10.8 Å². The third-order valence-corrected chi connectivity index (χ3v) is 5.47. The van der Waals surface area contributed by atoms with Crippen molar-refractivity contribution < 1.29 is 19.2 Å². The zero-order chi connectivity index (χ0) is 25.4. The Morgan fingerprint density at radius 1 is 1.20 bits per heavy atom. The molecule has 0 aromatic heterocycles. The first-order chi connectivity index (χ1) is 16.8. The number of hydrogen-bond acceptors (Lipinski definition) is 6. The summed E-state index contributed by atoms with van der Waals surface area (Å²) in [6.07, 6.45) is 1.41. The van der Waals surface area contributed by atoms with Crippen LogP contribution in [0.15, 0.2) is 70.7 Å². The van der Waals surface area contributed by atoms with E-state index in [1.807, 2.05) is 13.0 Å². The van der Waals surface area contributed by atoms with Crippen LogP contribution >= 0.6 is 27.5 Å². The second kappa shape index (κ2) is 12.0. The van der Waals surface area contributed by atoms with E-state index in [0.29, 0.717) is 39.4 Å². The van der Waals surface area contributed by atoms with Crippen LogP contribution in [0.2, 0.25) is 5.02 Å².